The van der Waals surface area contributed by atoms with Crippen molar-refractivity contribution in [3.8, 4) is 0 Å². The van der Waals surface area contributed by atoms with Crippen molar-refractivity contribution in [1.29, 1.82) is 0 Å². The monoisotopic (exact) mass is 424 g/mol. The van der Waals surface area contributed by atoms with Gasteiger partial charge in [0.15, 0.2) is 0 Å². The van der Waals surface area contributed by atoms with Gasteiger partial charge in [-0.3, -0.25) is 0 Å². The van der Waals surface area contributed by atoms with E-state index in [0.717, 1.165) is 44.9 Å². The number of hydrogen-bond acceptors (Lipinski definition) is 2. The SMILES string of the molecule is C=C1CCC(O)C/C1=C/C=C1\CCC[C@]2(C)C(C(C)C/C=C/C(O)(CC)CC)=CCC12. The van der Waals surface area contributed by atoms with Gasteiger partial charge in [-0.2, -0.15) is 0 Å². The van der Waals surface area contributed by atoms with Crippen LogP contribution in [0, 0.1) is 17.3 Å². The first-order valence-corrected chi connectivity index (χ1v) is 12.6. The van der Waals surface area contributed by atoms with Crippen molar-refractivity contribution in [3.63, 3.8) is 0 Å². The van der Waals surface area contributed by atoms with Crippen LogP contribution >= 0.6 is 0 Å². The van der Waals surface area contributed by atoms with E-state index in [9.17, 15) is 10.2 Å². The standard InChI is InChI=1S/C29H44O2/c1-6-29(31,7-2)19-8-10-22(4)26-16-17-27-23(11-9-18-28(26,27)5)13-14-24-20-25(30)15-12-21(24)3/h8,13-14,16,19,22,25,27,30-31H,3,6-7,9-12,15,17-18,20H2,1-2,4-5H3/b19-8+,23-13+,24-14-/t22?,25?,27?,28-/m1/s1. The highest BCUT2D eigenvalue weighted by Gasteiger charge is 2.45. The number of hydrogen-bond donors (Lipinski definition) is 2. The van der Waals surface area contributed by atoms with Crippen LogP contribution in [0.4, 0.5) is 0 Å². The van der Waals surface area contributed by atoms with Crippen LogP contribution in [0.2, 0.25) is 0 Å². The van der Waals surface area contributed by atoms with E-state index in [4.69, 9.17) is 0 Å². The average molecular weight is 425 g/mol. The Morgan fingerprint density at radius 2 is 2.00 bits per heavy atom. The van der Waals surface area contributed by atoms with Gasteiger partial charge in [-0.15, -0.1) is 0 Å². The van der Waals surface area contributed by atoms with E-state index in [2.05, 4.69) is 58.6 Å². The zero-order chi connectivity index (χ0) is 22.6. The Bertz CT molecular complexity index is 777. The maximum Gasteiger partial charge on any atom is 0.0822 e. The van der Waals surface area contributed by atoms with Gasteiger partial charge in [-0.05, 0) is 87.0 Å². The topological polar surface area (TPSA) is 40.5 Å². The van der Waals surface area contributed by atoms with Crippen LogP contribution in [-0.2, 0) is 0 Å². The van der Waals surface area contributed by atoms with E-state index in [1.54, 1.807) is 11.1 Å². The largest absolute Gasteiger partial charge is 0.393 e. The lowest BCUT2D eigenvalue weighted by Crippen LogP contribution is -2.32. The second-order valence-electron chi connectivity index (χ2n) is 10.5. The lowest BCUT2D eigenvalue weighted by molar-refractivity contribution is 0.0824. The summed E-state index contributed by atoms with van der Waals surface area (Å²) in [5.41, 5.74) is 5.24. The fourth-order valence-corrected chi connectivity index (χ4v) is 6.12. The van der Waals surface area contributed by atoms with Gasteiger partial charge in [0.1, 0.15) is 0 Å². The minimum Gasteiger partial charge on any atom is -0.393 e. The van der Waals surface area contributed by atoms with Crippen LogP contribution in [0.5, 0.6) is 0 Å². The molecule has 3 unspecified atom stereocenters. The zero-order valence-electron chi connectivity index (χ0n) is 20.3. The van der Waals surface area contributed by atoms with Gasteiger partial charge in [0.25, 0.3) is 0 Å². The van der Waals surface area contributed by atoms with Gasteiger partial charge in [-0.25, -0.2) is 0 Å². The summed E-state index contributed by atoms with van der Waals surface area (Å²) in [5, 5.41) is 20.6. The molecule has 2 nitrogen and oxygen atoms in total. The molecular formula is C29H44O2. The molecule has 2 N–H and O–H groups in total. The van der Waals surface area contributed by atoms with Crippen LogP contribution in [0.3, 0.4) is 0 Å². The van der Waals surface area contributed by atoms with Crippen molar-refractivity contribution >= 4 is 0 Å². The predicted molar refractivity (Wildman–Crippen MR) is 132 cm³/mol. The number of aliphatic hydroxyl groups excluding tert-OH is 1. The van der Waals surface area contributed by atoms with Crippen LogP contribution in [0.1, 0.15) is 91.9 Å². The Hall–Kier alpha value is -1.38. The highest BCUT2D eigenvalue weighted by Crippen LogP contribution is 2.57. The summed E-state index contributed by atoms with van der Waals surface area (Å²) in [6, 6.07) is 0. The molecule has 0 aromatic rings. The normalized spacial score (nSPS) is 33.2. The Morgan fingerprint density at radius 3 is 2.71 bits per heavy atom. The molecule has 0 amide bonds. The first-order chi connectivity index (χ1) is 14.7. The van der Waals surface area contributed by atoms with Crippen molar-refractivity contribution in [2.75, 3.05) is 0 Å². The van der Waals surface area contributed by atoms with Crippen molar-refractivity contribution in [2.24, 2.45) is 17.3 Å². The fraction of sp³-hybridized carbons (Fsp3) is 0.655. The molecule has 2 saturated carbocycles. The summed E-state index contributed by atoms with van der Waals surface area (Å²) in [7, 11) is 0. The van der Waals surface area contributed by atoms with E-state index in [1.807, 2.05) is 6.08 Å². The molecule has 0 radical (unpaired) electrons. The summed E-state index contributed by atoms with van der Waals surface area (Å²) < 4.78 is 0. The summed E-state index contributed by atoms with van der Waals surface area (Å²) in [6.07, 6.45) is 21.1. The molecule has 3 aliphatic rings. The average Bonchev–Trinajstić information content (AvgIpc) is 3.11. The minimum absolute atomic E-state index is 0.210. The lowest BCUT2D eigenvalue weighted by atomic mass is 9.62. The molecule has 0 aromatic heterocycles. The molecule has 0 aliphatic heterocycles. The minimum atomic E-state index is -0.652. The van der Waals surface area contributed by atoms with E-state index in [-0.39, 0.29) is 11.5 Å². The second-order valence-corrected chi connectivity index (χ2v) is 10.5. The second kappa shape index (κ2) is 10.0. The Balaban J connectivity index is 1.71. The smallest absolute Gasteiger partial charge is 0.0822 e. The van der Waals surface area contributed by atoms with E-state index < -0.39 is 5.60 Å². The maximum atomic E-state index is 10.5. The molecule has 0 heterocycles. The first kappa shape index (κ1) is 24.3. The molecule has 3 aliphatic carbocycles. The van der Waals surface area contributed by atoms with Crippen LogP contribution in [-0.4, -0.2) is 21.9 Å². The number of allylic oxidation sites excluding steroid dienone is 7. The van der Waals surface area contributed by atoms with Crippen molar-refractivity contribution in [1.82, 2.24) is 0 Å². The van der Waals surface area contributed by atoms with Gasteiger partial charge in [0.2, 0.25) is 0 Å². The third-order valence-electron chi connectivity index (χ3n) is 8.47. The van der Waals surface area contributed by atoms with E-state index >= 15 is 0 Å². The molecule has 172 valence electrons. The fourth-order valence-electron chi connectivity index (χ4n) is 6.12. The molecule has 2 fully saturated rings. The predicted octanol–water partition coefficient (Wildman–Crippen LogP) is 7.21. The molecule has 2 heteroatoms. The van der Waals surface area contributed by atoms with E-state index in [1.165, 1.54) is 30.4 Å². The first-order valence-electron chi connectivity index (χ1n) is 12.6. The highest BCUT2D eigenvalue weighted by atomic mass is 16.3. The van der Waals surface area contributed by atoms with Crippen molar-refractivity contribution < 1.29 is 10.2 Å². The molecule has 0 aromatic carbocycles. The molecule has 0 bridgehead atoms. The molecular weight excluding hydrogens is 380 g/mol. The maximum absolute atomic E-state index is 10.5. The Kier molecular flexibility index (Phi) is 7.86. The summed E-state index contributed by atoms with van der Waals surface area (Å²) in [5.74, 6) is 1.11. The summed E-state index contributed by atoms with van der Waals surface area (Å²) in [4.78, 5) is 0. The molecule has 3 rings (SSSR count). The lowest BCUT2D eigenvalue weighted by Gasteiger charge is -2.42. The van der Waals surface area contributed by atoms with Crippen molar-refractivity contribution in [3.05, 3.63) is 59.3 Å². The van der Waals surface area contributed by atoms with Crippen molar-refractivity contribution in [2.45, 2.75) is 104 Å². The molecule has 0 spiro atoms. The zero-order valence-corrected chi connectivity index (χ0v) is 20.3. The number of aliphatic hydroxyl groups is 2. The van der Waals surface area contributed by atoms with Gasteiger partial charge < -0.3 is 10.2 Å². The highest BCUT2D eigenvalue weighted by molar-refractivity contribution is 5.38. The number of fused-ring (bicyclic) bond motifs is 1. The molecule has 0 saturated heterocycles. The Labute approximate surface area is 190 Å². The third kappa shape index (κ3) is 5.34. The third-order valence-corrected chi connectivity index (χ3v) is 8.47. The van der Waals surface area contributed by atoms with Gasteiger partial charge in [-0.1, -0.05) is 81.4 Å². The van der Waals surface area contributed by atoms with Crippen LogP contribution < -0.4 is 0 Å². The summed E-state index contributed by atoms with van der Waals surface area (Å²) in [6.45, 7) is 13.2. The van der Waals surface area contributed by atoms with Gasteiger partial charge in [0, 0.05) is 0 Å². The van der Waals surface area contributed by atoms with Crippen LogP contribution in [0.25, 0.3) is 0 Å². The van der Waals surface area contributed by atoms with Gasteiger partial charge >= 0.3 is 0 Å². The quantitative estimate of drug-likeness (QED) is 0.424. The summed E-state index contributed by atoms with van der Waals surface area (Å²) >= 11 is 0. The van der Waals surface area contributed by atoms with E-state index in [0.29, 0.717) is 11.8 Å². The van der Waals surface area contributed by atoms with Crippen LogP contribution in [0.15, 0.2) is 59.3 Å². The van der Waals surface area contributed by atoms with Gasteiger partial charge in [0.05, 0.1) is 11.7 Å². The number of rotatable bonds is 7. The Morgan fingerprint density at radius 1 is 1.26 bits per heavy atom. The molecule has 31 heavy (non-hydrogen) atoms. The molecule has 4 atom stereocenters.